The summed E-state index contributed by atoms with van der Waals surface area (Å²) in [6.45, 7) is 16.8. The second-order valence-corrected chi connectivity index (χ2v) is 20.3. The highest BCUT2D eigenvalue weighted by molar-refractivity contribution is 9.11. The molecule has 0 spiro atoms. The van der Waals surface area contributed by atoms with Gasteiger partial charge in [0.25, 0.3) is 0 Å². The number of nitrogens with zero attached hydrogens (tertiary/aromatic N) is 1. The van der Waals surface area contributed by atoms with Crippen LogP contribution in [0.25, 0.3) is 0 Å². The molecule has 10 heteroatoms. The van der Waals surface area contributed by atoms with Crippen molar-refractivity contribution >= 4 is 51.5 Å². The van der Waals surface area contributed by atoms with Gasteiger partial charge in [0.05, 0.1) is 17.8 Å². The van der Waals surface area contributed by atoms with Gasteiger partial charge in [0, 0.05) is 28.3 Å². The van der Waals surface area contributed by atoms with Gasteiger partial charge in [-0.15, -0.1) is 4.72 Å². The lowest BCUT2D eigenvalue weighted by atomic mass is 10.0. The number of hydrogen-bond donors (Lipinski definition) is 1. The third kappa shape index (κ3) is 6.98. The van der Waals surface area contributed by atoms with Crippen LogP contribution < -0.4 is 4.72 Å². The van der Waals surface area contributed by atoms with Gasteiger partial charge < -0.3 is 8.98 Å². The predicted molar refractivity (Wildman–Crippen MR) is 153 cm³/mol. The maximum absolute atomic E-state index is 14.0. The minimum absolute atomic E-state index is 0.0537. The van der Waals surface area contributed by atoms with Crippen LogP contribution in [0.2, 0.25) is 18.1 Å². The molecule has 1 aromatic carbocycles. The van der Waals surface area contributed by atoms with Crippen molar-refractivity contribution in [1.29, 1.82) is 0 Å². The van der Waals surface area contributed by atoms with Crippen molar-refractivity contribution in [2.75, 3.05) is 0 Å². The monoisotopic (exact) mass is 664 g/mol. The van der Waals surface area contributed by atoms with Gasteiger partial charge in [-0.25, -0.2) is 13.8 Å². The Morgan fingerprint density at radius 2 is 1.64 bits per heavy atom. The Kier molecular flexibility index (Phi) is 9.24. The van der Waals surface area contributed by atoms with Crippen molar-refractivity contribution in [2.45, 2.75) is 95.8 Å². The number of hydrogen-bond acceptors (Lipinski definition) is 4. The van der Waals surface area contributed by atoms with E-state index in [9.17, 15) is 13.3 Å². The van der Waals surface area contributed by atoms with Crippen molar-refractivity contribution in [2.24, 2.45) is 0 Å². The standard InChI is InChI=1S/C26H36Br2F2N2O2SSi/c1-25(2,3)35(33)32-21(11-15-9-16(29)12-17(30)10-15)23-22(27)19-13-18(14-20(19)24(28)31-23)34-36(7,8)26(4,5)6/h9-10,12,18,21,32H,11,13-14H2,1-8H3/t18-,21-,35?/m0/s1. The van der Waals surface area contributed by atoms with E-state index in [1.807, 2.05) is 20.8 Å². The highest BCUT2D eigenvalue weighted by atomic mass is 79.9. The molecule has 1 aromatic heterocycles. The molecule has 1 unspecified atom stereocenters. The molecule has 0 radical (unpaired) electrons. The second kappa shape index (κ2) is 11.0. The Morgan fingerprint density at radius 3 is 2.17 bits per heavy atom. The van der Waals surface area contributed by atoms with Crippen molar-refractivity contribution in [3.63, 3.8) is 0 Å². The molecule has 0 bridgehead atoms. The van der Waals surface area contributed by atoms with Crippen molar-refractivity contribution in [1.82, 2.24) is 9.71 Å². The van der Waals surface area contributed by atoms with Crippen LogP contribution in [-0.4, -0.2) is 28.7 Å². The van der Waals surface area contributed by atoms with E-state index in [-0.39, 0.29) is 17.6 Å². The summed E-state index contributed by atoms with van der Waals surface area (Å²) >= 11 is 6.02. The SMILES string of the molecule is CC(C)(C)[S+]([O-])N[C@@H](Cc1cc(F)cc(F)c1)c1nc(Br)c2c(c1Br)C[C@H](O[Si](C)(C)C(C)(C)C)C2. The average molecular weight is 667 g/mol. The van der Waals surface area contributed by atoms with Crippen LogP contribution in [0.1, 0.15) is 70.0 Å². The summed E-state index contributed by atoms with van der Waals surface area (Å²) in [5, 5.41) is 0.103. The average Bonchev–Trinajstić information content (AvgIpc) is 3.12. The molecule has 36 heavy (non-hydrogen) atoms. The number of halogens is 4. The first-order chi connectivity index (χ1) is 16.4. The number of pyridine rings is 1. The van der Waals surface area contributed by atoms with E-state index in [1.165, 1.54) is 12.1 Å². The number of aromatic nitrogens is 1. The summed E-state index contributed by atoms with van der Waals surface area (Å²) in [5.41, 5.74) is 3.31. The van der Waals surface area contributed by atoms with Gasteiger partial charge in [-0.1, -0.05) is 20.8 Å². The maximum atomic E-state index is 14.0. The molecule has 4 nitrogen and oxygen atoms in total. The number of rotatable bonds is 7. The summed E-state index contributed by atoms with van der Waals surface area (Å²) in [5.74, 6) is -1.29. The molecule has 1 heterocycles. The lowest BCUT2D eigenvalue weighted by Crippen LogP contribution is -2.44. The largest absolute Gasteiger partial charge is 0.598 e. The Labute approximate surface area is 235 Å². The number of nitrogens with one attached hydrogen (secondary N) is 1. The summed E-state index contributed by atoms with van der Waals surface area (Å²) in [7, 11) is -1.96. The van der Waals surface area contributed by atoms with E-state index in [0.717, 1.165) is 39.1 Å². The van der Waals surface area contributed by atoms with Gasteiger partial charge >= 0.3 is 0 Å². The Bertz CT molecular complexity index is 1100. The van der Waals surface area contributed by atoms with E-state index in [0.29, 0.717) is 11.3 Å². The van der Waals surface area contributed by atoms with Crippen molar-refractivity contribution in [3.05, 3.63) is 61.3 Å². The van der Waals surface area contributed by atoms with Gasteiger partial charge in [-0.2, -0.15) is 0 Å². The van der Waals surface area contributed by atoms with Crippen LogP contribution >= 0.6 is 31.9 Å². The van der Waals surface area contributed by atoms with E-state index >= 15 is 0 Å². The molecule has 200 valence electrons. The third-order valence-electron chi connectivity index (χ3n) is 6.95. The molecule has 1 N–H and O–H groups in total. The molecule has 2 aromatic rings. The fourth-order valence-corrected chi connectivity index (χ4v) is 7.47. The predicted octanol–water partition coefficient (Wildman–Crippen LogP) is 7.71. The number of benzene rings is 1. The van der Waals surface area contributed by atoms with Gasteiger partial charge in [0.15, 0.2) is 8.32 Å². The fourth-order valence-electron chi connectivity index (χ4n) is 3.95. The molecule has 0 saturated heterocycles. The fraction of sp³-hybridized carbons (Fsp3) is 0.577. The van der Waals surface area contributed by atoms with Crippen LogP contribution in [0.3, 0.4) is 0 Å². The maximum Gasteiger partial charge on any atom is 0.192 e. The first-order valence-electron chi connectivity index (χ1n) is 12.1. The van der Waals surface area contributed by atoms with E-state index in [2.05, 4.69) is 70.4 Å². The van der Waals surface area contributed by atoms with Gasteiger partial charge in [-0.05, 0) is 112 Å². The smallest absolute Gasteiger partial charge is 0.192 e. The topological polar surface area (TPSA) is 57.2 Å². The quantitative estimate of drug-likeness (QED) is 0.187. The lowest BCUT2D eigenvalue weighted by molar-refractivity contribution is 0.191. The zero-order chi connectivity index (χ0) is 27.2. The molecule has 0 saturated carbocycles. The Hall–Kier alpha value is -0.363. The molecule has 3 rings (SSSR count). The zero-order valence-corrected chi connectivity index (χ0v) is 27.2. The van der Waals surface area contributed by atoms with Crippen LogP contribution in [0, 0.1) is 11.6 Å². The van der Waals surface area contributed by atoms with E-state index in [1.54, 1.807) is 0 Å². The summed E-state index contributed by atoms with van der Waals surface area (Å²) in [6, 6.07) is 2.92. The van der Waals surface area contributed by atoms with E-state index < -0.39 is 42.1 Å². The summed E-state index contributed by atoms with van der Waals surface area (Å²) in [4.78, 5) is 4.84. The third-order valence-corrected chi connectivity index (χ3v) is 14.6. The van der Waals surface area contributed by atoms with Gasteiger partial charge in [0.2, 0.25) is 0 Å². The summed E-state index contributed by atoms with van der Waals surface area (Å²) < 4.78 is 51.9. The Balaban J connectivity index is 1.98. The highest BCUT2D eigenvalue weighted by Crippen LogP contribution is 2.43. The minimum Gasteiger partial charge on any atom is -0.598 e. The molecule has 3 atom stereocenters. The molecular formula is C26H36Br2F2N2O2SSi. The zero-order valence-electron chi connectivity index (χ0n) is 22.2. The molecule has 0 aliphatic heterocycles. The first kappa shape index (κ1) is 30.2. The first-order valence-corrected chi connectivity index (χ1v) is 17.7. The van der Waals surface area contributed by atoms with Crippen LogP contribution in [0.15, 0.2) is 27.3 Å². The van der Waals surface area contributed by atoms with Crippen LogP contribution in [-0.2, 0) is 35.1 Å². The summed E-state index contributed by atoms with van der Waals surface area (Å²) in [6.07, 6.45) is 1.77. The van der Waals surface area contributed by atoms with E-state index in [4.69, 9.17) is 9.41 Å². The molecule has 0 fully saturated rings. The normalized spacial score (nSPS) is 18.3. The molecular weight excluding hydrogens is 630 g/mol. The van der Waals surface area contributed by atoms with Crippen LogP contribution in [0.5, 0.6) is 0 Å². The lowest BCUT2D eigenvalue weighted by Gasteiger charge is -2.38. The minimum atomic E-state index is -1.96. The number of fused-ring (bicyclic) bond motifs is 1. The second-order valence-electron chi connectivity index (χ2n) is 12.0. The molecule has 0 amide bonds. The van der Waals surface area contributed by atoms with Crippen molar-refractivity contribution < 1.29 is 17.8 Å². The highest BCUT2D eigenvalue weighted by Gasteiger charge is 2.42. The van der Waals surface area contributed by atoms with Gasteiger partial charge in [-0.3, -0.25) is 0 Å². The van der Waals surface area contributed by atoms with Gasteiger partial charge in [0.1, 0.15) is 21.0 Å². The van der Waals surface area contributed by atoms with Crippen LogP contribution in [0.4, 0.5) is 8.78 Å². The molecule has 1 aliphatic carbocycles. The molecule has 1 aliphatic rings. The van der Waals surface area contributed by atoms with Crippen molar-refractivity contribution in [3.8, 4) is 0 Å². The Morgan fingerprint density at radius 1 is 1.08 bits per heavy atom.